The highest BCUT2D eigenvalue weighted by molar-refractivity contribution is 7.99. The SMILES string of the molecule is CC[C@@H](C)NC(=O)[C@H](C)N(Cc1cccc(C)c1)C(=O)CSCc1cccc(C)c1. The molecule has 2 atom stereocenters. The Hall–Kier alpha value is -2.27. The van der Waals surface area contributed by atoms with Gasteiger partial charge in [-0.1, -0.05) is 66.6 Å². The highest BCUT2D eigenvalue weighted by atomic mass is 32.2. The number of nitrogens with one attached hydrogen (secondary N) is 1. The van der Waals surface area contributed by atoms with Gasteiger partial charge in [-0.25, -0.2) is 0 Å². The van der Waals surface area contributed by atoms with Crippen LogP contribution in [-0.4, -0.2) is 34.6 Å². The zero-order valence-corrected chi connectivity index (χ0v) is 19.6. The van der Waals surface area contributed by atoms with Gasteiger partial charge in [0.05, 0.1) is 5.75 Å². The number of hydrogen-bond acceptors (Lipinski definition) is 3. The molecule has 0 heterocycles. The first-order valence-corrected chi connectivity index (χ1v) is 11.7. The Bertz CT molecular complexity index is 853. The van der Waals surface area contributed by atoms with Crippen LogP contribution < -0.4 is 5.32 Å². The van der Waals surface area contributed by atoms with E-state index in [9.17, 15) is 9.59 Å². The van der Waals surface area contributed by atoms with Gasteiger partial charge in [-0.15, -0.1) is 11.8 Å². The number of thioether (sulfide) groups is 1. The van der Waals surface area contributed by atoms with Crippen LogP contribution in [0.1, 0.15) is 49.4 Å². The van der Waals surface area contributed by atoms with Crippen molar-refractivity contribution >= 4 is 23.6 Å². The summed E-state index contributed by atoms with van der Waals surface area (Å²) in [4.78, 5) is 27.6. The molecular weight excluding hydrogens is 392 g/mol. The molecule has 0 aromatic heterocycles. The molecule has 2 aromatic rings. The van der Waals surface area contributed by atoms with E-state index in [4.69, 9.17) is 0 Å². The molecule has 162 valence electrons. The lowest BCUT2D eigenvalue weighted by Gasteiger charge is -2.29. The fourth-order valence-corrected chi connectivity index (χ4v) is 4.05. The quantitative estimate of drug-likeness (QED) is 0.590. The van der Waals surface area contributed by atoms with Gasteiger partial charge in [-0.05, 0) is 45.2 Å². The predicted molar refractivity (Wildman–Crippen MR) is 126 cm³/mol. The van der Waals surface area contributed by atoms with Crippen molar-refractivity contribution < 1.29 is 9.59 Å². The lowest BCUT2D eigenvalue weighted by molar-refractivity contribution is -0.138. The number of aryl methyl sites for hydroxylation is 2. The zero-order valence-electron chi connectivity index (χ0n) is 18.8. The number of rotatable bonds is 10. The number of nitrogens with zero attached hydrogens (tertiary/aromatic N) is 1. The first-order valence-electron chi connectivity index (χ1n) is 10.6. The highest BCUT2D eigenvalue weighted by Gasteiger charge is 2.26. The highest BCUT2D eigenvalue weighted by Crippen LogP contribution is 2.17. The molecule has 4 nitrogen and oxygen atoms in total. The summed E-state index contributed by atoms with van der Waals surface area (Å²) in [7, 11) is 0. The van der Waals surface area contributed by atoms with Crippen LogP contribution in [-0.2, 0) is 21.9 Å². The fraction of sp³-hybridized carbons (Fsp3) is 0.440. The van der Waals surface area contributed by atoms with E-state index in [0.29, 0.717) is 12.3 Å². The standard InChI is InChI=1S/C25H34N2O2S/c1-6-20(4)26-25(29)21(5)27(15-22-11-7-9-18(2)13-22)24(28)17-30-16-23-12-8-10-19(3)14-23/h7-14,20-21H,6,15-17H2,1-5H3,(H,26,29)/t20-,21+/m1/s1. The van der Waals surface area contributed by atoms with Crippen molar-refractivity contribution in [2.45, 2.75) is 65.4 Å². The van der Waals surface area contributed by atoms with Crippen LogP contribution >= 0.6 is 11.8 Å². The van der Waals surface area contributed by atoms with Crippen LogP contribution in [0, 0.1) is 13.8 Å². The molecule has 0 aliphatic heterocycles. The molecule has 0 aliphatic rings. The van der Waals surface area contributed by atoms with Gasteiger partial charge in [0.1, 0.15) is 6.04 Å². The number of benzene rings is 2. The Morgan fingerprint density at radius 3 is 2.20 bits per heavy atom. The molecule has 2 rings (SSSR count). The molecule has 0 saturated carbocycles. The Labute approximate surface area is 185 Å². The lowest BCUT2D eigenvalue weighted by atomic mass is 10.1. The third kappa shape index (κ3) is 7.52. The first kappa shape index (κ1) is 24.0. The molecule has 2 amide bonds. The normalized spacial score (nSPS) is 12.8. The van der Waals surface area contributed by atoms with Crippen LogP contribution in [0.2, 0.25) is 0 Å². The second-order valence-electron chi connectivity index (χ2n) is 7.99. The zero-order chi connectivity index (χ0) is 22.1. The summed E-state index contributed by atoms with van der Waals surface area (Å²) in [6, 6.07) is 16.0. The van der Waals surface area contributed by atoms with E-state index in [1.54, 1.807) is 16.7 Å². The molecule has 1 N–H and O–H groups in total. The first-order chi connectivity index (χ1) is 14.3. The molecule has 0 fully saturated rings. The van der Waals surface area contributed by atoms with Crippen LogP contribution in [0.4, 0.5) is 0 Å². The molecule has 0 unspecified atom stereocenters. The van der Waals surface area contributed by atoms with Crippen molar-refractivity contribution in [3.8, 4) is 0 Å². The topological polar surface area (TPSA) is 49.4 Å². The summed E-state index contributed by atoms with van der Waals surface area (Å²) in [5.41, 5.74) is 4.61. The maximum Gasteiger partial charge on any atom is 0.242 e. The van der Waals surface area contributed by atoms with E-state index in [-0.39, 0.29) is 17.9 Å². The minimum atomic E-state index is -0.522. The number of hydrogen-bond donors (Lipinski definition) is 1. The Kier molecular flexibility index (Phi) is 9.44. The predicted octanol–water partition coefficient (Wildman–Crippen LogP) is 4.87. The summed E-state index contributed by atoms with van der Waals surface area (Å²) in [5, 5.41) is 3.01. The molecule has 2 aromatic carbocycles. The molecule has 0 spiro atoms. The van der Waals surface area contributed by atoms with Gasteiger partial charge in [0.15, 0.2) is 0 Å². The average Bonchev–Trinajstić information content (AvgIpc) is 2.71. The third-order valence-electron chi connectivity index (χ3n) is 5.18. The second kappa shape index (κ2) is 11.8. The number of carbonyl (C=O) groups is 2. The van der Waals surface area contributed by atoms with E-state index >= 15 is 0 Å². The van der Waals surface area contributed by atoms with Gasteiger partial charge in [0, 0.05) is 18.3 Å². The van der Waals surface area contributed by atoms with Crippen molar-refractivity contribution in [2.75, 3.05) is 5.75 Å². The van der Waals surface area contributed by atoms with Crippen LogP contribution in [0.15, 0.2) is 48.5 Å². The smallest absolute Gasteiger partial charge is 0.242 e. The summed E-state index contributed by atoms with van der Waals surface area (Å²) in [5.74, 6) is 1.01. The molecule has 0 aliphatic carbocycles. The van der Waals surface area contributed by atoms with Crippen molar-refractivity contribution in [3.63, 3.8) is 0 Å². The Balaban J connectivity index is 2.08. The minimum Gasteiger partial charge on any atom is -0.352 e. The Morgan fingerprint density at radius 1 is 1.00 bits per heavy atom. The van der Waals surface area contributed by atoms with Gasteiger partial charge in [-0.2, -0.15) is 0 Å². The fourth-order valence-electron chi connectivity index (χ4n) is 3.20. The van der Waals surface area contributed by atoms with Crippen LogP contribution in [0.25, 0.3) is 0 Å². The maximum atomic E-state index is 13.1. The summed E-state index contributed by atoms with van der Waals surface area (Å²) < 4.78 is 0. The van der Waals surface area contributed by atoms with E-state index in [0.717, 1.165) is 23.3 Å². The summed E-state index contributed by atoms with van der Waals surface area (Å²) >= 11 is 1.59. The lowest BCUT2D eigenvalue weighted by Crippen LogP contribution is -2.50. The Morgan fingerprint density at radius 2 is 1.60 bits per heavy atom. The monoisotopic (exact) mass is 426 g/mol. The van der Waals surface area contributed by atoms with E-state index in [2.05, 4.69) is 36.5 Å². The van der Waals surface area contributed by atoms with Gasteiger partial charge in [0.25, 0.3) is 0 Å². The molecule has 0 saturated heterocycles. The van der Waals surface area contributed by atoms with Gasteiger partial charge >= 0.3 is 0 Å². The molecule has 5 heteroatoms. The van der Waals surface area contributed by atoms with Crippen LogP contribution in [0.3, 0.4) is 0 Å². The molecule has 0 bridgehead atoms. The van der Waals surface area contributed by atoms with E-state index < -0.39 is 6.04 Å². The van der Waals surface area contributed by atoms with Gasteiger partial charge < -0.3 is 10.2 Å². The van der Waals surface area contributed by atoms with Crippen molar-refractivity contribution in [1.82, 2.24) is 10.2 Å². The minimum absolute atomic E-state index is 0.0130. The molecule has 30 heavy (non-hydrogen) atoms. The maximum absolute atomic E-state index is 13.1. The van der Waals surface area contributed by atoms with E-state index in [1.165, 1.54) is 11.1 Å². The van der Waals surface area contributed by atoms with E-state index in [1.807, 2.05) is 52.0 Å². The van der Waals surface area contributed by atoms with Crippen molar-refractivity contribution in [2.24, 2.45) is 0 Å². The molecule has 0 radical (unpaired) electrons. The average molecular weight is 427 g/mol. The summed E-state index contributed by atoms with van der Waals surface area (Å²) in [6.45, 7) is 10.4. The third-order valence-corrected chi connectivity index (χ3v) is 6.17. The summed E-state index contributed by atoms with van der Waals surface area (Å²) in [6.07, 6.45) is 0.858. The van der Waals surface area contributed by atoms with Crippen LogP contribution in [0.5, 0.6) is 0 Å². The van der Waals surface area contributed by atoms with Crippen molar-refractivity contribution in [3.05, 3.63) is 70.8 Å². The van der Waals surface area contributed by atoms with Gasteiger partial charge in [0.2, 0.25) is 11.8 Å². The van der Waals surface area contributed by atoms with Gasteiger partial charge in [-0.3, -0.25) is 9.59 Å². The van der Waals surface area contributed by atoms with Crippen molar-refractivity contribution in [1.29, 1.82) is 0 Å². The second-order valence-corrected chi connectivity index (χ2v) is 8.97. The largest absolute Gasteiger partial charge is 0.352 e. The number of carbonyl (C=O) groups excluding carboxylic acids is 2. The molecular formula is C25H34N2O2S. The number of amides is 2.